The van der Waals surface area contributed by atoms with Crippen molar-refractivity contribution in [3.63, 3.8) is 0 Å². The zero-order valence-electron chi connectivity index (χ0n) is 12.5. The molecule has 1 aromatic rings. The number of aromatic nitrogens is 1. The number of nitrogens with two attached hydrogens (primary N) is 1. The molecule has 3 heterocycles. The maximum absolute atomic E-state index is 12.9. The minimum atomic E-state index is -4.59. The highest BCUT2D eigenvalue weighted by Gasteiger charge is 2.47. The molecule has 2 aliphatic heterocycles. The Labute approximate surface area is 132 Å². The summed E-state index contributed by atoms with van der Waals surface area (Å²) in [5, 5.41) is 0. The highest BCUT2D eigenvalue weighted by molar-refractivity contribution is 7.89. The van der Waals surface area contributed by atoms with Crippen molar-refractivity contribution in [2.75, 3.05) is 0 Å². The number of rotatable bonds is 2. The Morgan fingerprint density at radius 2 is 1.78 bits per heavy atom. The van der Waals surface area contributed by atoms with E-state index in [2.05, 4.69) is 4.98 Å². The lowest BCUT2D eigenvalue weighted by molar-refractivity contribution is -0.141. The maximum atomic E-state index is 12.9. The summed E-state index contributed by atoms with van der Waals surface area (Å²) in [5.41, 5.74) is 4.72. The largest absolute Gasteiger partial charge is 0.433 e. The fourth-order valence-corrected chi connectivity index (χ4v) is 5.71. The second kappa shape index (κ2) is 5.42. The Morgan fingerprint density at radius 1 is 1.22 bits per heavy atom. The monoisotopic (exact) mass is 349 g/mol. The lowest BCUT2D eigenvalue weighted by Crippen LogP contribution is -2.50. The zero-order chi connectivity index (χ0) is 17.0. The molecule has 0 aromatic carbocycles. The topological polar surface area (TPSA) is 76.3 Å². The lowest BCUT2D eigenvalue weighted by Gasteiger charge is -2.36. The quantitative estimate of drug-likeness (QED) is 0.887. The molecule has 0 saturated carbocycles. The van der Waals surface area contributed by atoms with Crippen molar-refractivity contribution in [1.29, 1.82) is 0 Å². The van der Waals surface area contributed by atoms with Crippen LogP contribution < -0.4 is 5.73 Å². The number of nitrogens with zero attached hydrogens (tertiary/aromatic N) is 2. The van der Waals surface area contributed by atoms with E-state index in [1.165, 1.54) is 11.2 Å². The summed E-state index contributed by atoms with van der Waals surface area (Å²) in [4.78, 5) is 3.28. The van der Waals surface area contributed by atoms with Gasteiger partial charge in [0.15, 0.2) is 0 Å². The van der Waals surface area contributed by atoms with Crippen LogP contribution in [0.25, 0.3) is 0 Å². The highest BCUT2D eigenvalue weighted by Crippen LogP contribution is 2.40. The number of fused-ring (bicyclic) bond motifs is 2. The lowest BCUT2D eigenvalue weighted by atomic mass is 10.0. The molecule has 2 fully saturated rings. The fraction of sp³-hybridized carbons (Fsp3) is 0.643. The molecule has 1 unspecified atom stereocenters. The molecule has 1 aromatic heterocycles. The molecule has 3 atom stereocenters. The van der Waals surface area contributed by atoms with E-state index in [0.717, 1.165) is 25.0 Å². The summed E-state index contributed by atoms with van der Waals surface area (Å²) in [7, 11) is -3.87. The van der Waals surface area contributed by atoms with Crippen LogP contribution in [0.2, 0.25) is 0 Å². The standard InChI is InChI=1S/C14H18F3N3O2S/c1-8-12(4-5-13(19-8)14(15,16)17)23(21,22)20-10-2-3-11(20)7-9(18)6-10/h4-5,9-11H,2-3,6-7,18H2,1H3/t9?,10-,11+. The molecule has 128 valence electrons. The van der Waals surface area contributed by atoms with Gasteiger partial charge >= 0.3 is 6.18 Å². The zero-order valence-corrected chi connectivity index (χ0v) is 13.4. The summed E-state index contributed by atoms with van der Waals surface area (Å²) in [6, 6.07) is 1.36. The number of aryl methyl sites for hydroxylation is 1. The van der Waals surface area contributed by atoms with E-state index in [1.807, 2.05) is 0 Å². The van der Waals surface area contributed by atoms with Gasteiger partial charge in [0.05, 0.1) is 5.69 Å². The van der Waals surface area contributed by atoms with E-state index in [0.29, 0.717) is 12.8 Å². The normalized spacial score (nSPS) is 29.0. The Kier molecular flexibility index (Phi) is 3.93. The van der Waals surface area contributed by atoms with Crippen LogP contribution in [0.1, 0.15) is 37.1 Å². The molecule has 23 heavy (non-hydrogen) atoms. The van der Waals surface area contributed by atoms with Gasteiger partial charge in [-0.05, 0) is 44.7 Å². The van der Waals surface area contributed by atoms with Crippen molar-refractivity contribution in [3.05, 3.63) is 23.5 Å². The second-order valence-electron chi connectivity index (χ2n) is 6.23. The van der Waals surface area contributed by atoms with Gasteiger partial charge in [-0.1, -0.05) is 0 Å². The molecule has 3 rings (SSSR count). The Bertz CT molecular complexity index is 706. The van der Waals surface area contributed by atoms with Gasteiger partial charge in [-0.15, -0.1) is 0 Å². The first kappa shape index (κ1) is 16.7. The molecule has 2 saturated heterocycles. The Morgan fingerprint density at radius 3 is 2.26 bits per heavy atom. The van der Waals surface area contributed by atoms with E-state index in [4.69, 9.17) is 5.73 Å². The first-order chi connectivity index (χ1) is 10.6. The number of pyridine rings is 1. The molecule has 2 bridgehead atoms. The average molecular weight is 349 g/mol. The van der Waals surface area contributed by atoms with Crippen LogP contribution in [0.3, 0.4) is 0 Å². The SMILES string of the molecule is Cc1nc(C(F)(F)F)ccc1S(=O)(=O)N1[C@@H]2CC[C@H]1CC(N)C2. The minimum Gasteiger partial charge on any atom is -0.328 e. The predicted molar refractivity (Wildman–Crippen MR) is 77.0 cm³/mol. The van der Waals surface area contributed by atoms with Gasteiger partial charge in [0.2, 0.25) is 10.0 Å². The minimum absolute atomic E-state index is 0.0224. The third-order valence-electron chi connectivity index (χ3n) is 4.59. The average Bonchev–Trinajstić information content (AvgIpc) is 2.71. The van der Waals surface area contributed by atoms with Gasteiger partial charge in [0.25, 0.3) is 0 Å². The van der Waals surface area contributed by atoms with E-state index in [-0.39, 0.29) is 28.7 Å². The second-order valence-corrected chi connectivity index (χ2v) is 8.04. The van der Waals surface area contributed by atoms with Gasteiger partial charge in [0.1, 0.15) is 10.6 Å². The van der Waals surface area contributed by atoms with Crippen LogP contribution in [0.5, 0.6) is 0 Å². The third kappa shape index (κ3) is 2.85. The van der Waals surface area contributed by atoms with E-state index < -0.39 is 21.9 Å². The number of piperidine rings is 1. The van der Waals surface area contributed by atoms with Crippen molar-refractivity contribution in [2.45, 2.75) is 61.8 Å². The smallest absolute Gasteiger partial charge is 0.328 e. The van der Waals surface area contributed by atoms with Crippen LogP contribution in [-0.4, -0.2) is 35.8 Å². The molecule has 0 amide bonds. The van der Waals surface area contributed by atoms with Crippen LogP contribution in [0, 0.1) is 6.92 Å². The van der Waals surface area contributed by atoms with Gasteiger partial charge < -0.3 is 5.73 Å². The van der Waals surface area contributed by atoms with E-state index >= 15 is 0 Å². The van der Waals surface area contributed by atoms with Crippen molar-refractivity contribution in [2.24, 2.45) is 5.73 Å². The molecule has 2 N–H and O–H groups in total. The summed E-state index contributed by atoms with van der Waals surface area (Å²) < 4.78 is 65.3. The molecule has 0 radical (unpaired) electrons. The number of halogens is 3. The predicted octanol–water partition coefficient (Wildman–Crippen LogP) is 2.05. The van der Waals surface area contributed by atoms with E-state index in [1.54, 1.807) is 0 Å². The van der Waals surface area contributed by atoms with Gasteiger partial charge in [0, 0.05) is 18.1 Å². The first-order valence-electron chi connectivity index (χ1n) is 7.44. The van der Waals surface area contributed by atoms with Crippen LogP contribution in [-0.2, 0) is 16.2 Å². The number of alkyl halides is 3. The van der Waals surface area contributed by atoms with Crippen LogP contribution >= 0.6 is 0 Å². The Hall–Kier alpha value is -1.19. The van der Waals surface area contributed by atoms with Gasteiger partial charge in [-0.25, -0.2) is 13.4 Å². The summed E-state index contributed by atoms with van der Waals surface area (Å²) >= 11 is 0. The third-order valence-corrected chi connectivity index (χ3v) is 6.72. The highest BCUT2D eigenvalue weighted by atomic mass is 32.2. The number of sulfonamides is 1. The van der Waals surface area contributed by atoms with Crippen molar-refractivity contribution >= 4 is 10.0 Å². The molecule has 9 heteroatoms. The molecule has 0 spiro atoms. The first-order valence-corrected chi connectivity index (χ1v) is 8.88. The van der Waals surface area contributed by atoms with Crippen molar-refractivity contribution < 1.29 is 21.6 Å². The number of hydrogen-bond donors (Lipinski definition) is 1. The molecular formula is C14H18F3N3O2S. The summed E-state index contributed by atoms with van der Waals surface area (Å²) in [6.07, 6.45) is -1.94. The van der Waals surface area contributed by atoms with Crippen LogP contribution in [0.15, 0.2) is 17.0 Å². The van der Waals surface area contributed by atoms with Crippen molar-refractivity contribution in [1.82, 2.24) is 9.29 Å². The number of hydrogen-bond acceptors (Lipinski definition) is 4. The molecule has 5 nitrogen and oxygen atoms in total. The summed E-state index contributed by atoms with van der Waals surface area (Å²) in [5.74, 6) is 0. The molecular weight excluding hydrogens is 331 g/mol. The van der Waals surface area contributed by atoms with Gasteiger partial charge in [-0.2, -0.15) is 17.5 Å². The fourth-order valence-electron chi connectivity index (χ4n) is 3.66. The summed E-state index contributed by atoms with van der Waals surface area (Å²) in [6.45, 7) is 1.29. The maximum Gasteiger partial charge on any atom is 0.433 e. The molecule has 2 aliphatic rings. The molecule has 0 aliphatic carbocycles. The van der Waals surface area contributed by atoms with E-state index in [9.17, 15) is 21.6 Å². The van der Waals surface area contributed by atoms with Crippen LogP contribution in [0.4, 0.5) is 13.2 Å². The Balaban J connectivity index is 1.98. The van der Waals surface area contributed by atoms with Crippen molar-refractivity contribution in [3.8, 4) is 0 Å². The van der Waals surface area contributed by atoms with Gasteiger partial charge in [-0.3, -0.25) is 0 Å².